The number of aliphatic hydroxyl groups excluding tert-OH is 3. The highest BCUT2D eigenvalue weighted by Gasteiger charge is 2.42. The van der Waals surface area contributed by atoms with Gasteiger partial charge in [-0.1, -0.05) is 13.8 Å². The van der Waals surface area contributed by atoms with Crippen LogP contribution in [0, 0.1) is 5.92 Å². The van der Waals surface area contributed by atoms with Crippen LogP contribution in [-0.4, -0.2) is 49.6 Å². The average Bonchev–Trinajstić information content (AvgIpc) is 2.83. The Kier molecular flexibility index (Phi) is 3.88. The largest absolute Gasteiger partial charge is 0.394 e. The predicted octanol–water partition coefficient (Wildman–Crippen LogP) is -1.03. The lowest BCUT2D eigenvalue weighted by molar-refractivity contribution is -0.128. The molecule has 0 aliphatic carbocycles. The van der Waals surface area contributed by atoms with Crippen molar-refractivity contribution in [2.75, 3.05) is 6.61 Å². The quantitative estimate of drug-likeness (QED) is 0.561. The van der Waals surface area contributed by atoms with Crippen LogP contribution in [0.3, 0.4) is 0 Å². The Bertz CT molecular complexity index is 460. The topological polar surface area (TPSA) is 108 Å². The minimum Gasteiger partial charge on any atom is -0.394 e. The summed E-state index contributed by atoms with van der Waals surface area (Å²) in [6.45, 7) is 3.17. The molecule has 106 valence electrons. The number of imidazole rings is 1. The van der Waals surface area contributed by atoms with E-state index in [1.165, 1.54) is 6.20 Å². The lowest BCUT2D eigenvalue weighted by Crippen LogP contribution is -2.52. The molecular weight excluding hydrogens is 250 g/mol. The molecule has 2 heterocycles. The Balaban J connectivity index is 2.32. The molecule has 1 aliphatic heterocycles. The van der Waals surface area contributed by atoms with E-state index < -0.39 is 24.3 Å². The number of hydrogen-bond donors (Lipinski definition) is 4. The van der Waals surface area contributed by atoms with E-state index in [2.05, 4.69) is 10.3 Å². The molecule has 1 aromatic heterocycles. The Morgan fingerprint density at radius 3 is 2.74 bits per heavy atom. The van der Waals surface area contributed by atoms with Gasteiger partial charge in [0.25, 0.3) is 0 Å². The first-order valence-corrected chi connectivity index (χ1v) is 6.27. The van der Waals surface area contributed by atoms with Gasteiger partial charge in [-0.05, 0) is 0 Å². The van der Waals surface area contributed by atoms with Gasteiger partial charge in [0, 0.05) is 18.3 Å². The molecule has 0 saturated carbocycles. The number of nitrogens with one attached hydrogen (secondary N) is 1. The molecule has 1 amide bonds. The summed E-state index contributed by atoms with van der Waals surface area (Å²) >= 11 is 0. The zero-order valence-corrected chi connectivity index (χ0v) is 10.9. The third-order valence-corrected chi connectivity index (χ3v) is 3.43. The number of nitrogens with zero attached hydrogens (tertiary/aromatic N) is 2. The molecule has 1 aliphatic rings. The molecule has 1 aromatic rings. The summed E-state index contributed by atoms with van der Waals surface area (Å²) in [4.78, 5) is 15.9. The molecule has 0 fully saturated rings. The molecule has 0 unspecified atom stereocenters. The van der Waals surface area contributed by atoms with E-state index in [1.54, 1.807) is 24.6 Å². The van der Waals surface area contributed by atoms with Gasteiger partial charge >= 0.3 is 0 Å². The van der Waals surface area contributed by atoms with E-state index >= 15 is 0 Å². The van der Waals surface area contributed by atoms with Crippen molar-refractivity contribution in [2.45, 2.75) is 38.1 Å². The number of carbonyl (C=O) groups is 1. The molecule has 0 saturated heterocycles. The predicted molar refractivity (Wildman–Crippen MR) is 66.1 cm³/mol. The van der Waals surface area contributed by atoms with Gasteiger partial charge in [0.2, 0.25) is 5.91 Å². The Labute approximate surface area is 110 Å². The van der Waals surface area contributed by atoms with Crippen LogP contribution in [0.25, 0.3) is 0 Å². The van der Waals surface area contributed by atoms with Crippen LogP contribution in [-0.2, 0) is 4.79 Å². The number of aromatic nitrogens is 2. The highest BCUT2D eigenvalue weighted by atomic mass is 16.3. The first kappa shape index (κ1) is 14.0. The van der Waals surface area contributed by atoms with Crippen LogP contribution >= 0.6 is 0 Å². The second-order valence-corrected chi connectivity index (χ2v) is 5.06. The summed E-state index contributed by atoms with van der Waals surface area (Å²) in [6, 6.07) is -1.43. The maximum Gasteiger partial charge on any atom is 0.223 e. The van der Waals surface area contributed by atoms with Gasteiger partial charge in [0.1, 0.15) is 24.1 Å². The normalized spacial score (nSPS) is 30.2. The monoisotopic (exact) mass is 269 g/mol. The maximum absolute atomic E-state index is 11.8. The Morgan fingerprint density at radius 1 is 1.47 bits per heavy atom. The average molecular weight is 269 g/mol. The standard InChI is InChI=1S/C12H19N3O4/c1-6(2)12(19)14-8-10(18)9(17)7(5-16)15-4-3-13-11(8)15/h3-4,6-10,16-18H,5H2,1-2H3,(H,14,19)/t7-,8-,9-,10-/m1/s1. The molecule has 0 spiro atoms. The van der Waals surface area contributed by atoms with Crippen molar-refractivity contribution in [3.05, 3.63) is 18.2 Å². The van der Waals surface area contributed by atoms with E-state index in [0.29, 0.717) is 5.82 Å². The number of hydrogen-bond acceptors (Lipinski definition) is 5. The fourth-order valence-electron chi connectivity index (χ4n) is 2.25. The summed E-state index contributed by atoms with van der Waals surface area (Å²) in [5, 5.41) is 32.1. The molecule has 4 N–H and O–H groups in total. The molecule has 2 rings (SSSR count). The lowest BCUT2D eigenvalue weighted by Gasteiger charge is -2.38. The summed E-state index contributed by atoms with van der Waals surface area (Å²) < 4.78 is 1.59. The summed E-state index contributed by atoms with van der Waals surface area (Å²) in [7, 11) is 0. The van der Waals surface area contributed by atoms with Crippen molar-refractivity contribution >= 4 is 5.91 Å². The van der Waals surface area contributed by atoms with Crippen LogP contribution in [0.15, 0.2) is 12.4 Å². The zero-order valence-electron chi connectivity index (χ0n) is 10.9. The molecule has 7 heteroatoms. The van der Waals surface area contributed by atoms with E-state index in [9.17, 15) is 20.1 Å². The van der Waals surface area contributed by atoms with Crippen molar-refractivity contribution in [3.8, 4) is 0 Å². The highest BCUT2D eigenvalue weighted by molar-refractivity contribution is 5.78. The summed E-state index contributed by atoms with van der Waals surface area (Å²) in [5.74, 6) is -0.0255. The first-order chi connectivity index (χ1) is 8.97. The molecular formula is C12H19N3O4. The smallest absolute Gasteiger partial charge is 0.223 e. The molecule has 19 heavy (non-hydrogen) atoms. The lowest BCUT2D eigenvalue weighted by atomic mass is 9.93. The number of fused-ring (bicyclic) bond motifs is 1. The van der Waals surface area contributed by atoms with Crippen molar-refractivity contribution < 1.29 is 20.1 Å². The van der Waals surface area contributed by atoms with Crippen molar-refractivity contribution in [2.24, 2.45) is 5.92 Å². The van der Waals surface area contributed by atoms with Crippen LogP contribution in [0.5, 0.6) is 0 Å². The van der Waals surface area contributed by atoms with E-state index in [-0.39, 0.29) is 18.4 Å². The SMILES string of the molecule is CC(C)C(=O)N[C@H]1c2nccn2[C@H](CO)[C@@H](O)[C@@H]1O. The minimum absolute atomic E-state index is 0.228. The van der Waals surface area contributed by atoms with Crippen molar-refractivity contribution in [1.29, 1.82) is 0 Å². The zero-order chi connectivity index (χ0) is 14.2. The number of amides is 1. The van der Waals surface area contributed by atoms with Crippen LogP contribution in [0.2, 0.25) is 0 Å². The molecule has 0 bridgehead atoms. The minimum atomic E-state index is -1.20. The van der Waals surface area contributed by atoms with Gasteiger partial charge in [-0.3, -0.25) is 4.79 Å². The van der Waals surface area contributed by atoms with Gasteiger partial charge in [-0.15, -0.1) is 0 Å². The highest BCUT2D eigenvalue weighted by Crippen LogP contribution is 2.31. The van der Waals surface area contributed by atoms with Crippen LogP contribution in [0.1, 0.15) is 31.8 Å². The Hall–Kier alpha value is -1.44. The number of carbonyl (C=O) groups excluding carboxylic acids is 1. The number of rotatable bonds is 3. The van der Waals surface area contributed by atoms with Gasteiger partial charge in [0.05, 0.1) is 12.6 Å². The number of aliphatic hydroxyl groups is 3. The van der Waals surface area contributed by atoms with Gasteiger partial charge in [-0.2, -0.15) is 0 Å². The van der Waals surface area contributed by atoms with E-state index in [0.717, 1.165) is 0 Å². The second-order valence-electron chi connectivity index (χ2n) is 5.06. The molecule has 0 aromatic carbocycles. The van der Waals surface area contributed by atoms with Crippen molar-refractivity contribution in [1.82, 2.24) is 14.9 Å². The van der Waals surface area contributed by atoms with E-state index in [1.807, 2.05) is 0 Å². The van der Waals surface area contributed by atoms with Crippen LogP contribution in [0.4, 0.5) is 0 Å². The fraction of sp³-hybridized carbons (Fsp3) is 0.667. The molecule has 0 radical (unpaired) electrons. The summed E-state index contributed by atoms with van der Waals surface area (Å²) in [6.07, 6.45) is 0.760. The first-order valence-electron chi connectivity index (χ1n) is 6.27. The molecule has 7 nitrogen and oxygen atoms in total. The maximum atomic E-state index is 11.8. The second kappa shape index (κ2) is 5.28. The van der Waals surface area contributed by atoms with Gasteiger partial charge < -0.3 is 25.2 Å². The summed E-state index contributed by atoms with van der Waals surface area (Å²) in [5.41, 5.74) is 0. The van der Waals surface area contributed by atoms with Gasteiger partial charge in [-0.25, -0.2) is 4.98 Å². The Morgan fingerprint density at radius 2 is 2.16 bits per heavy atom. The fourth-order valence-corrected chi connectivity index (χ4v) is 2.25. The van der Waals surface area contributed by atoms with Crippen molar-refractivity contribution in [3.63, 3.8) is 0 Å². The van der Waals surface area contributed by atoms with Crippen LogP contribution < -0.4 is 5.32 Å². The third kappa shape index (κ3) is 2.36. The van der Waals surface area contributed by atoms with Gasteiger partial charge in [0.15, 0.2) is 0 Å². The molecule has 4 atom stereocenters. The third-order valence-electron chi connectivity index (χ3n) is 3.43. The van der Waals surface area contributed by atoms with E-state index in [4.69, 9.17) is 0 Å².